The van der Waals surface area contributed by atoms with Crippen molar-refractivity contribution in [3.63, 3.8) is 0 Å². The van der Waals surface area contributed by atoms with Crippen LogP contribution >= 0.6 is 0 Å². The first-order valence-corrected chi connectivity index (χ1v) is 9.07. The predicted molar refractivity (Wildman–Crippen MR) is 93.2 cm³/mol. The van der Waals surface area contributed by atoms with Crippen molar-refractivity contribution in [1.82, 2.24) is 15.5 Å². The summed E-state index contributed by atoms with van der Waals surface area (Å²) in [5.41, 5.74) is 1.43. The molecule has 2 fully saturated rings. The zero-order valence-electron chi connectivity index (χ0n) is 14.5. The van der Waals surface area contributed by atoms with Crippen LogP contribution in [0, 0.1) is 18.7 Å². The van der Waals surface area contributed by atoms with E-state index >= 15 is 0 Å². The summed E-state index contributed by atoms with van der Waals surface area (Å²) in [6.45, 7) is 5.65. The van der Waals surface area contributed by atoms with Crippen molar-refractivity contribution in [2.24, 2.45) is 5.92 Å². The molecule has 24 heavy (non-hydrogen) atoms. The predicted octanol–water partition coefficient (Wildman–Crippen LogP) is 2.21. The molecule has 1 saturated heterocycles. The molecule has 3 rings (SSSR count). The van der Waals surface area contributed by atoms with Gasteiger partial charge in [-0.05, 0) is 62.3 Å². The van der Waals surface area contributed by atoms with Crippen LogP contribution in [0.2, 0.25) is 0 Å². The average Bonchev–Trinajstić information content (AvgIpc) is 3.40. The maximum absolute atomic E-state index is 13.5. The van der Waals surface area contributed by atoms with Gasteiger partial charge in [0.1, 0.15) is 5.82 Å². The number of carbonyl (C=O) groups excluding carboxylic acids is 1. The molecule has 0 radical (unpaired) electrons. The van der Waals surface area contributed by atoms with Gasteiger partial charge in [-0.1, -0.05) is 12.1 Å². The molecule has 0 spiro atoms. The van der Waals surface area contributed by atoms with Crippen LogP contribution in [0.1, 0.15) is 36.8 Å². The molecule has 1 aromatic rings. The van der Waals surface area contributed by atoms with Crippen molar-refractivity contribution in [2.45, 2.75) is 45.2 Å². The molecule has 2 aliphatic rings. The molecule has 1 aliphatic heterocycles. The third-order valence-corrected chi connectivity index (χ3v) is 5.07. The van der Waals surface area contributed by atoms with E-state index in [0.29, 0.717) is 24.7 Å². The van der Waals surface area contributed by atoms with E-state index in [9.17, 15) is 9.18 Å². The molecule has 2 N–H and O–H groups in total. The molecule has 5 heteroatoms. The molecule has 4 nitrogen and oxygen atoms in total. The largest absolute Gasteiger partial charge is 0.351 e. The fraction of sp³-hybridized carbons (Fsp3) is 0.632. The highest BCUT2D eigenvalue weighted by molar-refractivity contribution is 5.78. The number of nitrogens with one attached hydrogen (secondary N) is 2. The zero-order valence-corrected chi connectivity index (χ0v) is 14.5. The topological polar surface area (TPSA) is 44.4 Å². The van der Waals surface area contributed by atoms with E-state index < -0.39 is 0 Å². The second kappa shape index (κ2) is 8.08. The van der Waals surface area contributed by atoms with Crippen molar-refractivity contribution >= 4 is 5.91 Å². The second-order valence-corrected chi connectivity index (χ2v) is 7.26. The third kappa shape index (κ3) is 5.28. The minimum Gasteiger partial charge on any atom is -0.351 e. The van der Waals surface area contributed by atoms with E-state index in [0.717, 1.165) is 44.0 Å². The van der Waals surface area contributed by atoms with Crippen molar-refractivity contribution in [1.29, 1.82) is 0 Å². The molecular weight excluding hydrogens is 305 g/mol. The second-order valence-electron chi connectivity index (χ2n) is 7.26. The molecule has 0 unspecified atom stereocenters. The molecular formula is C19H28FN3O. The smallest absolute Gasteiger partial charge is 0.234 e. The minimum absolute atomic E-state index is 0.0142. The van der Waals surface area contributed by atoms with Crippen LogP contribution in [0.15, 0.2) is 18.2 Å². The standard InChI is InChI=1S/C19H28FN3O/c1-14-2-3-16(10-18(14)20)12-22-19(24)13-23-8-6-17(7-9-23)21-11-15-4-5-15/h2-3,10,15,17,21H,4-9,11-13H2,1H3,(H,22,24). The molecule has 132 valence electrons. The first-order valence-electron chi connectivity index (χ1n) is 9.07. The summed E-state index contributed by atoms with van der Waals surface area (Å²) < 4.78 is 13.5. The van der Waals surface area contributed by atoms with Crippen LogP contribution in [0.25, 0.3) is 0 Å². The number of piperidine rings is 1. The SMILES string of the molecule is Cc1ccc(CNC(=O)CN2CCC(NCC3CC3)CC2)cc1F. The van der Waals surface area contributed by atoms with Crippen LogP contribution in [0.5, 0.6) is 0 Å². The lowest BCUT2D eigenvalue weighted by Gasteiger charge is -2.32. The quantitative estimate of drug-likeness (QED) is 0.804. The molecule has 1 saturated carbocycles. The number of amides is 1. The number of aryl methyl sites for hydroxylation is 1. The highest BCUT2D eigenvalue weighted by atomic mass is 19.1. The van der Waals surface area contributed by atoms with Gasteiger partial charge in [-0.25, -0.2) is 4.39 Å². The van der Waals surface area contributed by atoms with Gasteiger partial charge < -0.3 is 10.6 Å². The normalized spacial score (nSPS) is 19.4. The summed E-state index contributed by atoms with van der Waals surface area (Å²) in [6, 6.07) is 5.71. The Balaban J connectivity index is 1.33. The maximum Gasteiger partial charge on any atom is 0.234 e. The number of rotatable bonds is 7. The van der Waals surface area contributed by atoms with E-state index in [1.54, 1.807) is 13.0 Å². The van der Waals surface area contributed by atoms with E-state index in [1.165, 1.54) is 18.9 Å². The highest BCUT2D eigenvalue weighted by Gasteiger charge is 2.24. The maximum atomic E-state index is 13.5. The Morgan fingerprint density at radius 2 is 2.00 bits per heavy atom. The van der Waals surface area contributed by atoms with Gasteiger partial charge in [0, 0.05) is 25.7 Å². The number of nitrogens with zero attached hydrogens (tertiary/aromatic N) is 1. The minimum atomic E-state index is -0.220. The number of halogens is 1. The van der Waals surface area contributed by atoms with E-state index in [1.807, 2.05) is 6.07 Å². The molecule has 1 aliphatic carbocycles. The first-order chi connectivity index (χ1) is 11.6. The van der Waals surface area contributed by atoms with Gasteiger partial charge in [-0.15, -0.1) is 0 Å². The third-order valence-electron chi connectivity index (χ3n) is 5.07. The lowest BCUT2D eigenvalue weighted by Crippen LogP contribution is -2.46. The highest BCUT2D eigenvalue weighted by Crippen LogP contribution is 2.28. The number of likely N-dealkylation sites (tertiary alicyclic amines) is 1. The number of benzene rings is 1. The summed E-state index contributed by atoms with van der Waals surface area (Å²) in [6.07, 6.45) is 5.00. The van der Waals surface area contributed by atoms with Crippen molar-refractivity contribution in [2.75, 3.05) is 26.2 Å². The summed E-state index contributed by atoms with van der Waals surface area (Å²) in [7, 11) is 0. The summed E-state index contributed by atoms with van der Waals surface area (Å²) in [5.74, 6) is 0.711. The average molecular weight is 333 g/mol. The first kappa shape index (κ1) is 17.4. The lowest BCUT2D eigenvalue weighted by atomic mass is 10.0. The van der Waals surface area contributed by atoms with Crippen LogP contribution in [0.3, 0.4) is 0 Å². The van der Waals surface area contributed by atoms with Gasteiger partial charge in [0.2, 0.25) is 5.91 Å². The molecule has 1 amide bonds. The van der Waals surface area contributed by atoms with Crippen LogP contribution in [0.4, 0.5) is 4.39 Å². The number of carbonyl (C=O) groups is 1. The number of hydrogen-bond acceptors (Lipinski definition) is 3. The van der Waals surface area contributed by atoms with E-state index in [2.05, 4.69) is 15.5 Å². The molecule has 0 bridgehead atoms. The Bertz CT molecular complexity index is 566. The molecule has 1 heterocycles. The van der Waals surface area contributed by atoms with Crippen LogP contribution in [-0.4, -0.2) is 43.0 Å². The summed E-state index contributed by atoms with van der Waals surface area (Å²) >= 11 is 0. The summed E-state index contributed by atoms with van der Waals surface area (Å²) in [5, 5.41) is 6.54. The Hall–Kier alpha value is -1.46. The van der Waals surface area contributed by atoms with Gasteiger partial charge in [0.05, 0.1) is 6.54 Å². The lowest BCUT2D eigenvalue weighted by molar-refractivity contribution is -0.122. The molecule has 1 aromatic carbocycles. The number of hydrogen-bond donors (Lipinski definition) is 2. The Kier molecular flexibility index (Phi) is 5.85. The van der Waals surface area contributed by atoms with Gasteiger partial charge in [0.25, 0.3) is 0 Å². The fourth-order valence-electron chi connectivity index (χ4n) is 3.16. The van der Waals surface area contributed by atoms with Gasteiger partial charge in [-0.3, -0.25) is 9.69 Å². The van der Waals surface area contributed by atoms with Gasteiger partial charge in [-0.2, -0.15) is 0 Å². The van der Waals surface area contributed by atoms with E-state index in [-0.39, 0.29) is 11.7 Å². The van der Waals surface area contributed by atoms with Crippen LogP contribution in [-0.2, 0) is 11.3 Å². The Morgan fingerprint density at radius 3 is 2.67 bits per heavy atom. The monoisotopic (exact) mass is 333 g/mol. The van der Waals surface area contributed by atoms with Crippen molar-refractivity contribution in [3.05, 3.63) is 35.1 Å². The van der Waals surface area contributed by atoms with Gasteiger partial charge in [0.15, 0.2) is 0 Å². The molecule has 0 atom stereocenters. The Morgan fingerprint density at radius 1 is 1.25 bits per heavy atom. The molecule has 0 aromatic heterocycles. The van der Waals surface area contributed by atoms with Crippen molar-refractivity contribution in [3.8, 4) is 0 Å². The van der Waals surface area contributed by atoms with Crippen molar-refractivity contribution < 1.29 is 9.18 Å². The summed E-state index contributed by atoms with van der Waals surface area (Å²) in [4.78, 5) is 14.3. The van der Waals surface area contributed by atoms with E-state index in [4.69, 9.17) is 0 Å². The fourth-order valence-corrected chi connectivity index (χ4v) is 3.16. The van der Waals surface area contributed by atoms with Gasteiger partial charge >= 0.3 is 0 Å². The zero-order chi connectivity index (χ0) is 16.9. The van der Waals surface area contributed by atoms with Crippen LogP contribution < -0.4 is 10.6 Å². The Labute approximate surface area is 143 Å².